The van der Waals surface area contributed by atoms with Crippen LogP contribution in [0.4, 0.5) is 5.13 Å². The first kappa shape index (κ1) is 24.1. The van der Waals surface area contributed by atoms with Crippen LogP contribution in [0, 0.1) is 6.92 Å². The molecule has 0 aliphatic heterocycles. The maximum atomic E-state index is 13.3. The zero-order chi connectivity index (χ0) is 24.3. The van der Waals surface area contributed by atoms with E-state index >= 15 is 0 Å². The Hall–Kier alpha value is -3.01. The van der Waals surface area contributed by atoms with Gasteiger partial charge in [-0.2, -0.15) is 0 Å². The minimum absolute atomic E-state index is 0.141. The van der Waals surface area contributed by atoms with Crippen molar-refractivity contribution in [3.8, 4) is 5.75 Å². The molecular formula is C24H22ClN3O4S2. The fraction of sp³-hybridized carbons (Fsp3) is 0.208. The molecule has 0 spiro atoms. The van der Waals surface area contributed by atoms with Gasteiger partial charge in [0.1, 0.15) is 5.75 Å². The first-order chi connectivity index (χ1) is 16.3. The Labute approximate surface area is 206 Å². The molecule has 1 amide bonds. The van der Waals surface area contributed by atoms with Gasteiger partial charge in [0, 0.05) is 17.6 Å². The summed E-state index contributed by atoms with van der Waals surface area (Å²) in [7, 11) is -2.15. The molecule has 2 aromatic heterocycles. The predicted molar refractivity (Wildman–Crippen MR) is 134 cm³/mol. The van der Waals surface area contributed by atoms with Crippen molar-refractivity contribution >= 4 is 54.0 Å². The molecule has 176 valence electrons. The van der Waals surface area contributed by atoms with Gasteiger partial charge < -0.3 is 4.74 Å². The molecular weight excluding hydrogens is 494 g/mol. The lowest BCUT2D eigenvalue weighted by molar-refractivity contribution is -0.118. The van der Waals surface area contributed by atoms with Gasteiger partial charge in [-0.25, -0.2) is 13.4 Å². The Morgan fingerprint density at radius 3 is 2.59 bits per heavy atom. The van der Waals surface area contributed by atoms with E-state index in [2.05, 4.69) is 9.97 Å². The molecule has 0 radical (unpaired) electrons. The quantitative estimate of drug-likeness (QED) is 0.326. The van der Waals surface area contributed by atoms with Gasteiger partial charge in [0.15, 0.2) is 15.0 Å². The van der Waals surface area contributed by atoms with E-state index in [1.165, 1.54) is 35.5 Å². The van der Waals surface area contributed by atoms with Gasteiger partial charge in [0.2, 0.25) is 5.91 Å². The number of carbonyl (C=O) groups excluding carboxylic acids is 1. The summed E-state index contributed by atoms with van der Waals surface area (Å²) in [4.78, 5) is 23.9. The number of aromatic nitrogens is 2. The number of amides is 1. The number of anilines is 1. The van der Waals surface area contributed by atoms with Crippen LogP contribution in [0.2, 0.25) is 5.02 Å². The molecule has 0 atom stereocenters. The highest BCUT2D eigenvalue weighted by Gasteiger charge is 2.24. The van der Waals surface area contributed by atoms with Gasteiger partial charge in [-0.3, -0.25) is 14.7 Å². The minimum atomic E-state index is -3.66. The highest BCUT2D eigenvalue weighted by molar-refractivity contribution is 7.91. The van der Waals surface area contributed by atoms with E-state index in [9.17, 15) is 13.2 Å². The molecule has 7 nitrogen and oxygen atoms in total. The summed E-state index contributed by atoms with van der Waals surface area (Å²) in [6.45, 7) is 2.08. The Morgan fingerprint density at radius 2 is 1.91 bits per heavy atom. The summed E-state index contributed by atoms with van der Waals surface area (Å²) in [5, 5.41) is 1.06. The maximum absolute atomic E-state index is 13.3. The molecule has 0 aliphatic rings. The van der Waals surface area contributed by atoms with Crippen molar-refractivity contribution in [3.63, 3.8) is 0 Å². The lowest BCUT2D eigenvalue weighted by atomic mass is 10.2. The van der Waals surface area contributed by atoms with E-state index in [4.69, 9.17) is 16.3 Å². The average Bonchev–Trinajstić information content (AvgIpc) is 3.26. The second-order valence-electron chi connectivity index (χ2n) is 7.61. The number of hydrogen-bond donors (Lipinski definition) is 0. The van der Waals surface area contributed by atoms with Crippen molar-refractivity contribution in [3.05, 3.63) is 77.1 Å². The van der Waals surface area contributed by atoms with Gasteiger partial charge in [-0.1, -0.05) is 29.0 Å². The molecule has 0 unspecified atom stereocenters. The largest absolute Gasteiger partial charge is 0.497 e. The third kappa shape index (κ3) is 5.38. The van der Waals surface area contributed by atoms with Crippen LogP contribution < -0.4 is 9.64 Å². The lowest BCUT2D eigenvalue weighted by Gasteiger charge is -2.19. The topological polar surface area (TPSA) is 89.5 Å². The molecule has 0 fully saturated rings. The molecule has 0 saturated heterocycles. The van der Waals surface area contributed by atoms with E-state index in [0.29, 0.717) is 21.6 Å². The number of carbonyl (C=O) groups is 1. The van der Waals surface area contributed by atoms with Crippen LogP contribution in [0.3, 0.4) is 0 Å². The highest BCUT2D eigenvalue weighted by Crippen LogP contribution is 2.34. The molecule has 0 saturated carbocycles. The number of methoxy groups -OCH3 is 1. The van der Waals surface area contributed by atoms with Crippen LogP contribution in [0.15, 0.2) is 65.7 Å². The standard InChI is InChI=1S/C24H22ClN3O4S2/c1-16-13-17(25)14-21-23(16)27-24(33-21)28(15-18-5-3-4-11-26-18)22(29)10-12-34(30,31)20-8-6-19(32-2)7-9-20/h3-9,11,13-14H,10,12,15H2,1-2H3. The molecule has 0 aliphatic carbocycles. The second kappa shape index (κ2) is 10.1. The molecule has 2 heterocycles. The monoisotopic (exact) mass is 515 g/mol. The van der Waals surface area contributed by atoms with Gasteiger partial charge >= 0.3 is 0 Å². The molecule has 34 heavy (non-hydrogen) atoms. The number of fused-ring (bicyclic) bond motifs is 1. The average molecular weight is 516 g/mol. The third-order valence-electron chi connectivity index (χ3n) is 5.22. The number of halogens is 1. The third-order valence-corrected chi connectivity index (χ3v) is 8.20. The minimum Gasteiger partial charge on any atom is -0.497 e. The number of nitrogens with zero attached hydrogens (tertiary/aromatic N) is 3. The summed E-state index contributed by atoms with van der Waals surface area (Å²) < 4.78 is 31.6. The number of benzene rings is 2. The first-order valence-electron chi connectivity index (χ1n) is 10.4. The smallest absolute Gasteiger partial charge is 0.230 e. The Bertz CT molecular complexity index is 1420. The molecule has 4 rings (SSSR count). The summed E-state index contributed by atoms with van der Waals surface area (Å²) in [5.41, 5.74) is 2.33. The number of thiazole rings is 1. The Kier molecular flexibility index (Phi) is 7.16. The number of hydrogen-bond acceptors (Lipinski definition) is 7. The number of pyridine rings is 1. The van der Waals surface area contributed by atoms with Crippen LogP contribution in [0.25, 0.3) is 10.2 Å². The summed E-state index contributed by atoms with van der Waals surface area (Å²) in [5.74, 6) is -0.125. The Morgan fingerprint density at radius 1 is 1.15 bits per heavy atom. The van der Waals surface area contributed by atoms with Crippen LogP contribution in [0.1, 0.15) is 17.7 Å². The first-order valence-corrected chi connectivity index (χ1v) is 13.3. The number of aryl methyl sites for hydroxylation is 1. The van der Waals surface area contributed by atoms with Crippen LogP contribution in [0.5, 0.6) is 5.75 Å². The lowest BCUT2D eigenvalue weighted by Crippen LogP contribution is -2.32. The molecule has 0 N–H and O–H groups in total. The second-order valence-corrected chi connectivity index (χ2v) is 11.2. The molecule has 4 aromatic rings. The van der Waals surface area contributed by atoms with E-state index in [1.54, 1.807) is 24.4 Å². The van der Waals surface area contributed by atoms with Crippen molar-refractivity contribution in [1.82, 2.24) is 9.97 Å². The van der Waals surface area contributed by atoms with Gasteiger partial charge in [0.25, 0.3) is 0 Å². The predicted octanol–water partition coefficient (Wildman–Crippen LogP) is 5.06. The van der Waals surface area contributed by atoms with Crippen molar-refractivity contribution in [2.24, 2.45) is 0 Å². The highest BCUT2D eigenvalue weighted by atomic mass is 35.5. The van der Waals surface area contributed by atoms with Gasteiger partial charge in [-0.05, 0) is 61.0 Å². The van der Waals surface area contributed by atoms with E-state index in [-0.39, 0.29) is 29.5 Å². The van der Waals surface area contributed by atoms with Gasteiger partial charge in [-0.15, -0.1) is 0 Å². The number of ether oxygens (including phenoxy) is 1. The Balaban J connectivity index is 1.61. The van der Waals surface area contributed by atoms with Crippen LogP contribution in [-0.2, 0) is 21.2 Å². The zero-order valence-electron chi connectivity index (χ0n) is 18.6. The van der Waals surface area contributed by atoms with Crippen molar-refractivity contribution in [2.75, 3.05) is 17.8 Å². The van der Waals surface area contributed by atoms with E-state index in [1.807, 2.05) is 31.2 Å². The summed E-state index contributed by atoms with van der Waals surface area (Å²) in [6.07, 6.45) is 1.45. The SMILES string of the molecule is COc1ccc(S(=O)(=O)CCC(=O)N(Cc2ccccn2)c2nc3c(C)cc(Cl)cc3s2)cc1. The van der Waals surface area contributed by atoms with Crippen LogP contribution in [-0.4, -0.2) is 37.2 Å². The zero-order valence-corrected chi connectivity index (χ0v) is 21.0. The molecule has 2 aromatic carbocycles. The van der Waals surface area contributed by atoms with Crippen molar-refractivity contribution in [1.29, 1.82) is 0 Å². The van der Waals surface area contributed by atoms with Crippen molar-refractivity contribution < 1.29 is 17.9 Å². The summed E-state index contributed by atoms with van der Waals surface area (Å²) in [6, 6.07) is 15.2. The van der Waals surface area contributed by atoms with Crippen molar-refractivity contribution in [2.45, 2.75) is 24.8 Å². The van der Waals surface area contributed by atoms with E-state index in [0.717, 1.165) is 15.8 Å². The van der Waals surface area contributed by atoms with E-state index < -0.39 is 9.84 Å². The van der Waals surface area contributed by atoms with Crippen LogP contribution >= 0.6 is 22.9 Å². The maximum Gasteiger partial charge on any atom is 0.230 e. The molecule has 0 bridgehead atoms. The normalized spacial score (nSPS) is 11.5. The number of rotatable bonds is 8. The fourth-order valence-electron chi connectivity index (χ4n) is 3.43. The molecule has 10 heteroatoms. The summed E-state index contributed by atoms with van der Waals surface area (Å²) >= 11 is 7.53. The van der Waals surface area contributed by atoms with Gasteiger partial charge in [0.05, 0.1) is 40.2 Å². The number of sulfone groups is 1. The fourth-order valence-corrected chi connectivity index (χ4v) is 6.10.